The number of aromatic nitrogens is 2. The first-order chi connectivity index (χ1) is 6.72. The lowest BCUT2D eigenvalue weighted by Gasteiger charge is -2.00. The van der Waals surface area contributed by atoms with E-state index >= 15 is 0 Å². The molecule has 1 aromatic rings. The van der Waals surface area contributed by atoms with E-state index in [2.05, 4.69) is 9.97 Å². The molecule has 0 unspecified atom stereocenters. The van der Waals surface area contributed by atoms with Crippen LogP contribution >= 0.6 is 23.4 Å². The van der Waals surface area contributed by atoms with Gasteiger partial charge in [0, 0.05) is 0 Å². The van der Waals surface area contributed by atoms with Gasteiger partial charge in [0.05, 0.1) is 24.8 Å². The fraction of sp³-hybridized carbons (Fsp3) is 0.375. The third-order valence-electron chi connectivity index (χ3n) is 1.23. The second kappa shape index (κ2) is 5.82. The van der Waals surface area contributed by atoms with E-state index in [1.807, 2.05) is 0 Å². The van der Waals surface area contributed by atoms with Crippen molar-refractivity contribution in [1.82, 2.24) is 9.97 Å². The fourth-order valence-electron chi connectivity index (χ4n) is 0.731. The average molecular weight is 233 g/mol. The number of rotatable bonds is 4. The highest BCUT2D eigenvalue weighted by atomic mass is 35.5. The first-order valence-electron chi connectivity index (χ1n) is 3.98. The van der Waals surface area contributed by atoms with E-state index in [1.54, 1.807) is 13.1 Å². The molecule has 4 nitrogen and oxygen atoms in total. The van der Waals surface area contributed by atoms with Crippen LogP contribution in [0, 0.1) is 0 Å². The van der Waals surface area contributed by atoms with Crippen molar-refractivity contribution in [2.45, 2.75) is 11.9 Å². The lowest BCUT2D eigenvalue weighted by atomic mass is 10.7. The maximum atomic E-state index is 11.0. The SMILES string of the molecule is CCOC(=O)CSc1cncc(Cl)n1. The second-order valence-corrected chi connectivity index (χ2v) is 3.66. The zero-order valence-corrected chi connectivity index (χ0v) is 9.14. The first-order valence-corrected chi connectivity index (χ1v) is 5.34. The molecule has 1 rings (SSSR count). The molecule has 0 spiro atoms. The summed E-state index contributed by atoms with van der Waals surface area (Å²) in [5, 5.41) is 0.935. The molecule has 0 aliphatic rings. The van der Waals surface area contributed by atoms with Gasteiger partial charge in [-0.15, -0.1) is 0 Å². The number of carbonyl (C=O) groups excluding carboxylic acids is 1. The van der Waals surface area contributed by atoms with E-state index in [0.29, 0.717) is 16.8 Å². The molecule has 0 aromatic carbocycles. The maximum Gasteiger partial charge on any atom is 0.316 e. The van der Waals surface area contributed by atoms with Crippen LogP contribution in [-0.4, -0.2) is 28.3 Å². The first kappa shape index (κ1) is 11.3. The largest absolute Gasteiger partial charge is 0.465 e. The van der Waals surface area contributed by atoms with Crippen LogP contribution in [0.1, 0.15) is 6.92 Å². The van der Waals surface area contributed by atoms with E-state index in [-0.39, 0.29) is 11.7 Å². The molecular formula is C8H9ClN2O2S. The zero-order valence-electron chi connectivity index (χ0n) is 7.57. The van der Waals surface area contributed by atoms with Gasteiger partial charge in [-0.2, -0.15) is 0 Å². The molecule has 0 atom stereocenters. The van der Waals surface area contributed by atoms with Gasteiger partial charge in [-0.25, -0.2) is 4.98 Å². The molecule has 14 heavy (non-hydrogen) atoms. The lowest BCUT2D eigenvalue weighted by Crippen LogP contribution is -2.06. The predicted molar refractivity (Wildman–Crippen MR) is 54.4 cm³/mol. The Bertz CT molecular complexity index is 322. The lowest BCUT2D eigenvalue weighted by molar-refractivity contribution is -0.139. The minimum atomic E-state index is -0.265. The van der Waals surface area contributed by atoms with Gasteiger partial charge in [0.1, 0.15) is 10.2 Å². The quantitative estimate of drug-likeness (QED) is 0.585. The van der Waals surface area contributed by atoms with Gasteiger partial charge in [0.2, 0.25) is 0 Å². The molecule has 0 aliphatic carbocycles. The van der Waals surface area contributed by atoms with Crippen LogP contribution in [0.4, 0.5) is 0 Å². The number of hydrogen-bond acceptors (Lipinski definition) is 5. The maximum absolute atomic E-state index is 11.0. The Labute approximate surface area is 91.0 Å². The summed E-state index contributed by atoms with van der Waals surface area (Å²) in [4.78, 5) is 18.8. The molecule has 0 radical (unpaired) electrons. The van der Waals surface area contributed by atoms with Crippen LogP contribution in [0.5, 0.6) is 0 Å². The Balaban J connectivity index is 2.41. The Morgan fingerprint density at radius 2 is 2.43 bits per heavy atom. The number of hydrogen-bond donors (Lipinski definition) is 0. The van der Waals surface area contributed by atoms with Crippen molar-refractivity contribution < 1.29 is 9.53 Å². The Morgan fingerprint density at radius 1 is 1.64 bits per heavy atom. The average Bonchev–Trinajstić information content (AvgIpc) is 2.15. The third kappa shape index (κ3) is 3.93. The van der Waals surface area contributed by atoms with Crippen LogP contribution in [-0.2, 0) is 9.53 Å². The summed E-state index contributed by atoms with van der Waals surface area (Å²) < 4.78 is 4.75. The summed E-state index contributed by atoms with van der Waals surface area (Å²) in [6.07, 6.45) is 2.99. The Kier molecular flexibility index (Phi) is 4.69. The van der Waals surface area contributed by atoms with Crippen molar-refractivity contribution in [2.75, 3.05) is 12.4 Å². The number of carbonyl (C=O) groups is 1. The zero-order chi connectivity index (χ0) is 10.4. The van der Waals surface area contributed by atoms with Gasteiger partial charge in [-0.3, -0.25) is 9.78 Å². The number of halogens is 1. The summed E-state index contributed by atoms with van der Waals surface area (Å²) >= 11 is 6.87. The van der Waals surface area contributed by atoms with Crippen molar-refractivity contribution in [2.24, 2.45) is 0 Å². The van der Waals surface area contributed by atoms with Crippen LogP contribution in [0.15, 0.2) is 17.4 Å². The Hall–Kier alpha value is -0.810. The van der Waals surface area contributed by atoms with Gasteiger partial charge >= 0.3 is 5.97 Å². The monoisotopic (exact) mass is 232 g/mol. The standard InChI is InChI=1S/C8H9ClN2O2S/c1-2-13-8(12)5-14-7-4-10-3-6(9)11-7/h3-4H,2,5H2,1H3. The summed E-state index contributed by atoms with van der Waals surface area (Å²) in [6, 6.07) is 0. The molecule has 0 saturated heterocycles. The molecule has 0 bridgehead atoms. The molecular weight excluding hydrogens is 224 g/mol. The predicted octanol–water partition coefficient (Wildman–Crippen LogP) is 1.79. The normalized spacial score (nSPS) is 9.86. The highest BCUT2D eigenvalue weighted by molar-refractivity contribution is 7.99. The minimum Gasteiger partial charge on any atom is -0.465 e. The molecule has 0 amide bonds. The highest BCUT2D eigenvalue weighted by Gasteiger charge is 2.04. The van der Waals surface area contributed by atoms with Crippen LogP contribution in [0.2, 0.25) is 5.15 Å². The summed E-state index contributed by atoms with van der Waals surface area (Å²) in [7, 11) is 0. The fourth-order valence-corrected chi connectivity index (χ4v) is 1.58. The third-order valence-corrected chi connectivity index (χ3v) is 2.28. The van der Waals surface area contributed by atoms with Crippen LogP contribution in [0.25, 0.3) is 0 Å². The second-order valence-electron chi connectivity index (χ2n) is 2.27. The van der Waals surface area contributed by atoms with Gasteiger partial charge in [-0.05, 0) is 6.92 Å². The number of thioether (sulfide) groups is 1. The smallest absolute Gasteiger partial charge is 0.316 e. The number of nitrogens with zero attached hydrogens (tertiary/aromatic N) is 2. The van der Waals surface area contributed by atoms with E-state index < -0.39 is 0 Å². The summed E-state index contributed by atoms with van der Waals surface area (Å²) in [5.74, 6) is -0.0395. The van der Waals surface area contributed by atoms with Gasteiger partial charge in [-0.1, -0.05) is 23.4 Å². The van der Waals surface area contributed by atoms with Crippen molar-refractivity contribution in [3.8, 4) is 0 Å². The topological polar surface area (TPSA) is 52.1 Å². The molecule has 6 heteroatoms. The number of esters is 1. The van der Waals surface area contributed by atoms with Gasteiger partial charge in [0.15, 0.2) is 0 Å². The van der Waals surface area contributed by atoms with E-state index in [0.717, 1.165) is 0 Å². The highest BCUT2D eigenvalue weighted by Crippen LogP contribution is 2.15. The van der Waals surface area contributed by atoms with Crippen LogP contribution < -0.4 is 0 Å². The van der Waals surface area contributed by atoms with E-state index in [1.165, 1.54) is 18.0 Å². The summed E-state index contributed by atoms with van der Waals surface area (Å²) in [6.45, 7) is 2.16. The van der Waals surface area contributed by atoms with Gasteiger partial charge in [0.25, 0.3) is 0 Å². The molecule has 76 valence electrons. The Morgan fingerprint density at radius 3 is 3.07 bits per heavy atom. The van der Waals surface area contributed by atoms with E-state index in [9.17, 15) is 4.79 Å². The molecule has 1 aromatic heterocycles. The summed E-state index contributed by atoms with van der Waals surface area (Å²) in [5.41, 5.74) is 0. The molecule has 0 aliphatic heterocycles. The van der Waals surface area contributed by atoms with Crippen molar-refractivity contribution in [3.63, 3.8) is 0 Å². The van der Waals surface area contributed by atoms with Crippen molar-refractivity contribution in [3.05, 3.63) is 17.5 Å². The minimum absolute atomic E-state index is 0.225. The molecule has 0 N–H and O–H groups in total. The van der Waals surface area contributed by atoms with Crippen molar-refractivity contribution in [1.29, 1.82) is 0 Å². The number of ether oxygens (including phenoxy) is 1. The van der Waals surface area contributed by atoms with Crippen molar-refractivity contribution >= 4 is 29.3 Å². The van der Waals surface area contributed by atoms with Gasteiger partial charge < -0.3 is 4.74 Å². The van der Waals surface area contributed by atoms with Crippen LogP contribution in [0.3, 0.4) is 0 Å². The van der Waals surface area contributed by atoms with E-state index in [4.69, 9.17) is 16.3 Å². The molecule has 1 heterocycles. The molecule has 0 fully saturated rings. The molecule has 0 saturated carbocycles.